The van der Waals surface area contributed by atoms with Crippen molar-refractivity contribution in [3.8, 4) is 5.75 Å². The van der Waals surface area contributed by atoms with Crippen molar-refractivity contribution in [2.24, 2.45) is 0 Å². The predicted molar refractivity (Wildman–Crippen MR) is 78.8 cm³/mol. The highest BCUT2D eigenvalue weighted by molar-refractivity contribution is 6.29. The number of ether oxygens (including phenoxy) is 1. The SMILES string of the molecule is COc1ccccc1CN(C)c1nc(Cl)ccc1N. The summed E-state index contributed by atoms with van der Waals surface area (Å²) in [6.07, 6.45) is 0. The van der Waals surface area contributed by atoms with Gasteiger partial charge in [0.15, 0.2) is 5.82 Å². The number of pyridine rings is 1. The Kier molecular flexibility index (Phi) is 4.12. The maximum Gasteiger partial charge on any atom is 0.153 e. The van der Waals surface area contributed by atoms with Crippen molar-refractivity contribution in [2.75, 3.05) is 24.8 Å². The Hall–Kier alpha value is -1.94. The van der Waals surface area contributed by atoms with Crippen LogP contribution in [0.25, 0.3) is 0 Å². The Morgan fingerprint density at radius 1 is 1.26 bits per heavy atom. The first-order valence-corrected chi connectivity index (χ1v) is 6.24. The fraction of sp³-hybridized carbons (Fsp3) is 0.214. The van der Waals surface area contributed by atoms with Crippen LogP contribution >= 0.6 is 11.6 Å². The van der Waals surface area contributed by atoms with E-state index in [2.05, 4.69) is 4.98 Å². The average Bonchev–Trinajstić information content (AvgIpc) is 2.42. The Morgan fingerprint density at radius 2 is 2.00 bits per heavy atom. The van der Waals surface area contributed by atoms with Crippen molar-refractivity contribution in [3.05, 3.63) is 47.1 Å². The molecule has 0 saturated heterocycles. The lowest BCUT2D eigenvalue weighted by molar-refractivity contribution is 0.409. The number of benzene rings is 1. The van der Waals surface area contributed by atoms with Gasteiger partial charge in [0, 0.05) is 19.2 Å². The summed E-state index contributed by atoms with van der Waals surface area (Å²) in [5.41, 5.74) is 7.58. The summed E-state index contributed by atoms with van der Waals surface area (Å²) in [6.45, 7) is 0.640. The van der Waals surface area contributed by atoms with Gasteiger partial charge < -0.3 is 15.4 Å². The molecule has 5 heteroatoms. The fourth-order valence-corrected chi connectivity index (χ4v) is 2.05. The number of anilines is 2. The van der Waals surface area contributed by atoms with Crippen LogP contribution in [0.2, 0.25) is 5.15 Å². The number of nitrogens with zero attached hydrogens (tertiary/aromatic N) is 2. The molecular formula is C14H16ClN3O. The normalized spacial score (nSPS) is 10.3. The van der Waals surface area contributed by atoms with Crippen LogP contribution in [-0.4, -0.2) is 19.1 Å². The molecule has 0 atom stereocenters. The number of aromatic nitrogens is 1. The van der Waals surface area contributed by atoms with Gasteiger partial charge in [-0.3, -0.25) is 0 Å². The summed E-state index contributed by atoms with van der Waals surface area (Å²) in [5, 5.41) is 0.427. The molecule has 0 aliphatic rings. The molecule has 0 amide bonds. The van der Waals surface area contributed by atoms with Crippen LogP contribution in [0.5, 0.6) is 5.75 Å². The van der Waals surface area contributed by atoms with Gasteiger partial charge in [-0.25, -0.2) is 4.98 Å². The Labute approximate surface area is 117 Å². The number of methoxy groups -OCH3 is 1. The summed E-state index contributed by atoms with van der Waals surface area (Å²) in [7, 11) is 3.58. The molecule has 2 rings (SSSR count). The molecule has 0 saturated carbocycles. The molecule has 1 heterocycles. The van der Waals surface area contributed by atoms with Gasteiger partial charge in [0.2, 0.25) is 0 Å². The zero-order chi connectivity index (χ0) is 13.8. The number of para-hydroxylation sites is 1. The summed E-state index contributed by atoms with van der Waals surface area (Å²) >= 11 is 5.90. The van der Waals surface area contributed by atoms with Crippen LogP contribution in [0.15, 0.2) is 36.4 Å². The minimum atomic E-state index is 0.427. The second-order valence-electron chi connectivity index (χ2n) is 4.21. The maximum absolute atomic E-state index is 5.92. The first kappa shape index (κ1) is 13.5. The minimum Gasteiger partial charge on any atom is -0.496 e. The molecule has 2 N–H and O–H groups in total. The molecular weight excluding hydrogens is 262 g/mol. The van der Waals surface area contributed by atoms with Crippen molar-refractivity contribution >= 4 is 23.1 Å². The lowest BCUT2D eigenvalue weighted by atomic mass is 10.2. The van der Waals surface area contributed by atoms with Crippen molar-refractivity contribution in [1.29, 1.82) is 0 Å². The minimum absolute atomic E-state index is 0.427. The van der Waals surface area contributed by atoms with Crippen LogP contribution in [0.1, 0.15) is 5.56 Å². The van der Waals surface area contributed by atoms with Gasteiger partial charge in [0.05, 0.1) is 12.8 Å². The Bertz CT molecular complexity index is 574. The zero-order valence-corrected chi connectivity index (χ0v) is 11.7. The second kappa shape index (κ2) is 5.80. The zero-order valence-electron chi connectivity index (χ0n) is 10.9. The van der Waals surface area contributed by atoms with Crippen molar-refractivity contribution in [3.63, 3.8) is 0 Å². The number of rotatable bonds is 4. The highest BCUT2D eigenvalue weighted by Gasteiger charge is 2.11. The maximum atomic E-state index is 5.92. The molecule has 4 nitrogen and oxygen atoms in total. The molecule has 1 aromatic carbocycles. The molecule has 0 aliphatic carbocycles. The molecule has 0 unspecified atom stereocenters. The third-order valence-electron chi connectivity index (χ3n) is 2.83. The van der Waals surface area contributed by atoms with E-state index in [-0.39, 0.29) is 0 Å². The van der Waals surface area contributed by atoms with E-state index >= 15 is 0 Å². The number of nitrogens with two attached hydrogens (primary N) is 1. The highest BCUT2D eigenvalue weighted by Crippen LogP contribution is 2.25. The molecule has 0 radical (unpaired) electrons. The van der Waals surface area contributed by atoms with E-state index in [4.69, 9.17) is 22.1 Å². The Morgan fingerprint density at radius 3 is 2.74 bits per heavy atom. The smallest absolute Gasteiger partial charge is 0.153 e. The molecule has 0 fully saturated rings. The molecule has 0 aliphatic heterocycles. The van der Waals surface area contributed by atoms with E-state index in [9.17, 15) is 0 Å². The van der Waals surface area contributed by atoms with E-state index in [1.165, 1.54) is 0 Å². The fourth-order valence-electron chi connectivity index (χ4n) is 1.91. The van der Waals surface area contributed by atoms with Gasteiger partial charge >= 0.3 is 0 Å². The summed E-state index contributed by atoms with van der Waals surface area (Å²) in [4.78, 5) is 6.19. The van der Waals surface area contributed by atoms with Crippen molar-refractivity contribution < 1.29 is 4.74 Å². The lowest BCUT2D eigenvalue weighted by Crippen LogP contribution is -2.19. The summed E-state index contributed by atoms with van der Waals surface area (Å²) in [6, 6.07) is 11.3. The summed E-state index contributed by atoms with van der Waals surface area (Å²) in [5.74, 6) is 1.51. The van der Waals surface area contributed by atoms with Crippen molar-refractivity contribution in [2.45, 2.75) is 6.54 Å². The number of hydrogen-bond acceptors (Lipinski definition) is 4. The summed E-state index contributed by atoms with van der Waals surface area (Å²) < 4.78 is 5.33. The molecule has 1 aromatic heterocycles. The number of hydrogen-bond donors (Lipinski definition) is 1. The van der Waals surface area contributed by atoms with Gasteiger partial charge in [0.25, 0.3) is 0 Å². The van der Waals surface area contributed by atoms with E-state index in [0.717, 1.165) is 11.3 Å². The van der Waals surface area contributed by atoms with E-state index in [1.54, 1.807) is 19.2 Å². The third-order valence-corrected chi connectivity index (χ3v) is 3.04. The quantitative estimate of drug-likeness (QED) is 0.873. The molecule has 0 bridgehead atoms. The molecule has 2 aromatic rings. The topological polar surface area (TPSA) is 51.4 Å². The molecule has 19 heavy (non-hydrogen) atoms. The van der Waals surface area contributed by atoms with Crippen LogP contribution in [-0.2, 0) is 6.54 Å². The van der Waals surface area contributed by atoms with Gasteiger partial charge in [-0.2, -0.15) is 0 Å². The van der Waals surface area contributed by atoms with E-state index in [1.807, 2.05) is 36.2 Å². The third kappa shape index (κ3) is 3.09. The standard InChI is InChI=1S/C14H16ClN3O/c1-18(14-11(16)7-8-13(15)17-14)9-10-5-3-4-6-12(10)19-2/h3-8H,9,16H2,1-2H3. The van der Waals surface area contributed by atoms with Crippen molar-refractivity contribution in [1.82, 2.24) is 4.98 Å². The lowest BCUT2D eigenvalue weighted by Gasteiger charge is -2.21. The van der Waals surface area contributed by atoms with Crippen LogP contribution in [0.3, 0.4) is 0 Å². The van der Waals surface area contributed by atoms with Crippen LogP contribution in [0, 0.1) is 0 Å². The highest BCUT2D eigenvalue weighted by atomic mass is 35.5. The van der Waals surface area contributed by atoms with Gasteiger partial charge in [-0.1, -0.05) is 29.8 Å². The molecule has 0 spiro atoms. The van der Waals surface area contributed by atoms with Crippen LogP contribution < -0.4 is 15.4 Å². The predicted octanol–water partition coefficient (Wildman–Crippen LogP) is 2.96. The first-order chi connectivity index (χ1) is 9.11. The van der Waals surface area contributed by atoms with Gasteiger partial charge in [-0.15, -0.1) is 0 Å². The monoisotopic (exact) mass is 277 g/mol. The number of nitrogen functional groups attached to an aromatic ring is 1. The van der Waals surface area contributed by atoms with E-state index < -0.39 is 0 Å². The molecule has 100 valence electrons. The second-order valence-corrected chi connectivity index (χ2v) is 4.60. The average molecular weight is 278 g/mol. The van der Waals surface area contributed by atoms with E-state index in [0.29, 0.717) is 23.2 Å². The van der Waals surface area contributed by atoms with Gasteiger partial charge in [-0.05, 0) is 18.2 Å². The Balaban J connectivity index is 2.25. The largest absolute Gasteiger partial charge is 0.496 e. The van der Waals surface area contributed by atoms with Crippen LogP contribution in [0.4, 0.5) is 11.5 Å². The first-order valence-electron chi connectivity index (χ1n) is 5.87. The number of halogens is 1. The van der Waals surface area contributed by atoms with Gasteiger partial charge in [0.1, 0.15) is 10.9 Å².